The van der Waals surface area contributed by atoms with E-state index in [0.29, 0.717) is 11.4 Å². The molecule has 4 heteroatoms. The molecule has 0 bridgehead atoms. The van der Waals surface area contributed by atoms with Crippen LogP contribution in [0.2, 0.25) is 0 Å². The van der Waals surface area contributed by atoms with Gasteiger partial charge < -0.3 is 5.73 Å². The van der Waals surface area contributed by atoms with Crippen molar-refractivity contribution in [2.75, 3.05) is 11.5 Å². The van der Waals surface area contributed by atoms with Crippen LogP contribution in [0, 0.1) is 0 Å². The second kappa shape index (κ2) is 5.27. The number of thiophene rings is 1. The number of rotatable bonds is 4. The molecular weight excluding hydrogens is 238 g/mol. The van der Waals surface area contributed by atoms with Crippen LogP contribution in [0.5, 0.6) is 0 Å². The van der Waals surface area contributed by atoms with Gasteiger partial charge in [0.25, 0.3) is 0 Å². The molecule has 1 aromatic heterocycles. The van der Waals surface area contributed by atoms with E-state index >= 15 is 0 Å². The Kier molecular flexibility index (Phi) is 3.74. The summed E-state index contributed by atoms with van der Waals surface area (Å²) in [7, 11) is -1.000. The molecule has 0 radical (unpaired) electrons. The van der Waals surface area contributed by atoms with E-state index in [9.17, 15) is 4.21 Å². The zero-order chi connectivity index (χ0) is 11.4. The summed E-state index contributed by atoms with van der Waals surface area (Å²) in [5.41, 5.74) is 7.64. The average Bonchev–Trinajstić information content (AvgIpc) is 2.79. The van der Waals surface area contributed by atoms with Crippen LogP contribution < -0.4 is 5.73 Å². The number of nitrogens with two attached hydrogens (primary N) is 1. The predicted molar refractivity (Wildman–Crippen MR) is 70.2 cm³/mol. The topological polar surface area (TPSA) is 43.1 Å². The fraction of sp³-hybridized carbons (Fsp3) is 0.167. The van der Waals surface area contributed by atoms with Crippen molar-refractivity contribution in [3.63, 3.8) is 0 Å². The summed E-state index contributed by atoms with van der Waals surface area (Å²) >= 11 is 1.67. The molecule has 2 rings (SSSR count). The van der Waals surface area contributed by atoms with Crippen LogP contribution in [-0.4, -0.2) is 9.96 Å². The van der Waals surface area contributed by atoms with Crippen molar-refractivity contribution in [1.82, 2.24) is 0 Å². The van der Waals surface area contributed by atoms with Gasteiger partial charge in [-0.2, -0.15) is 11.3 Å². The van der Waals surface area contributed by atoms with E-state index in [1.165, 1.54) is 5.56 Å². The van der Waals surface area contributed by atoms with Gasteiger partial charge in [0.1, 0.15) is 0 Å². The van der Waals surface area contributed by atoms with Gasteiger partial charge in [-0.1, -0.05) is 12.1 Å². The quantitative estimate of drug-likeness (QED) is 0.849. The molecule has 1 unspecified atom stereocenters. The molecule has 0 aliphatic heterocycles. The van der Waals surface area contributed by atoms with Crippen LogP contribution in [0.15, 0.2) is 46.0 Å². The highest BCUT2D eigenvalue weighted by Gasteiger charge is 2.07. The molecule has 0 fully saturated rings. The lowest BCUT2D eigenvalue weighted by molar-refractivity contribution is 0.682. The van der Waals surface area contributed by atoms with E-state index in [1.807, 2.05) is 23.6 Å². The van der Waals surface area contributed by atoms with Crippen molar-refractivity contribution in [3.8, 4) is 0 Å². The van der Waals surface area contributed by atoms with E-state index in [4.69, 9.17) is 5.73 Å². The fourth-order valence-electron chi connectivity index (χ4n) is 1.44. The molecule has 2 aromatic rings. The summed E-state index contributed by atoms with van der Waals surface area (Å²) in [6.07, 6.45) is 0.838. The van der Waals surface area contributed by atoms with E-state index < -0.39 is 10.8 Å². The standard InChI is InChI=1S/C12H13NOS2/c13-11-3-1-2-4-12(11)16(14)8-6-10-5-7-15-9-10/h1-5,7,9H,6,8,13H2. The highest BCUT2D eigenvalue weighted by molar-refractivity contribution is 7.85. The molecule has 0 aliphatic rings. The van der Waals surface area contributed by atoms with Gasteiger partial charge in [-0.05, 0) is 40.9 Å². The molecule has 0 spiro atoms. The summed E-state index contributed by atoms with van der Waals surface area (Å²) in [4.78, 5) is 0.748. The minimum Gasteiger partial charge on any atom is -0.398 e. The van der Waals surface area contributed by atoms with Crippen LogP contribution in [0.3, 0.4) is 0 Å². The Morgan fingerprint density at radius 1 is 1.25 bits per heavy atom. The maximum atomic E-state index is 12.0. The van der Waals surface area contributed by atoms with Gasteiger partial charge in [0.05, 0.1) is 15.7 Å². The van der Waals surface area contributed by atoms with Gasteiger partial charge in [0.2, 0.25) is 0 Å². The van der Waals surface area contributed by atoms with Crippen LogP contribution >= 0.6 is 11.3 Å². The van der Waals surface area contributed by atoms with Crippen molar-refractivity contribution < 1.29 is 4.21 Å². The normalized spacial score (nSPS) is 12.5. The van der Waals surface area contributed by atoms with Gasteiger partial charge in [-0.15, -0.1) is 0 Å². The zero-order valence-corrected chi connectivity index (χ0v) is 10.4. The molecule has 16 heavy (non-hydrogen) atoms. The van der Waals surface area contributed by atoms with Gasteiger partial charge in [0, 0.05) is 11.4 Å². The summed E-state index contributed by atoms with van der Waals surface area (Å²) in [6, 6.07) is 9.41. The number of benzene rings is 1. The first kappa shape index (κ1) is 11.4. The molecule has 84 valence electrons. The Morgan fingerprint density at radius 2 is 2.06 bits per heavy atom. The van der Waals surface area contributed by atoms with Crippen molar-refractivity contribution in [2.45, 2.75) is 11.3 Å². The maximum Gasteiger partial charge on any atom is 0.0617 e. The SMILES string of the molecule is Nc1ccccc1S(=O)CCc1ccsc1. The van der Waals surface area contributed by atoms with E-state index in [-0.39, 0.29) is 0 Å². The molecule has 0 amide bonds. The number of hydrogen-bond donors (Lipinski definition) is 1. The third-order valence-electron chi connectivity index (χ3n) is 2.32. The lowest BCUT2D eigenvalue weighted by atomic mass is 10.3. The van der Waals surface area contributed by atoms with Gasteiger partial charge in [-0.3, -0.25) is 4.21 Å². The predicted octanol–water partition coefficient (Wildman–Crippen LogP) is 2.68. The molecule has 1 aromatic carbocycles. The highest BCUT2D eigenvalue weighted by atomic mass is 32.2. The molecule has 2 nitrogen and oxygen atoms in total. The Labute approximate surface area is 102 Å². The largest absolute Gasteiger partial charge is 0.398 e. The Balaban J connectivity index is 2.01. The van der Waals surface area contributed by atoms with Crippen molar-refractivity contribution in [3.05, 3.63) is 46.7 Å². The number of para-hydroxylation sites is 1. The van der Waals surface area contributed by atoms with Gasteiger partial charge in [-0.25, -0.2) is 0 Å². The summed E-state index contributed by atoms with van der Waals surface area (Å²) in [6.45, 7) is 0. The van der Waals surface area contributed by atoms with Gasteiger partial charge in [0.15, 0.2) is 0 Å². The molecule has 1 atom stereocenters. The minimum atomic E-state index is -1.000. The van der Waals surface area contributed by atoms with Crippen LogP contribution in [0.25, 0.3) is 0 Å². The van der Waals surface area contributed by atoms with E-state index in [0.717, 1.165) is 11.3 Å². The average molecular weight is 251 g/mol. The molecule has 1 heterocycles. The molecule has 0 saturated heterocycles. The number of hydrogen-bond acceptors (Lipinski definition) is 3. The number of nitrogen functional groups attached to an aromatic ring is 1. The fourth-order valence-corrected chi connectivity index (χ4v) is 3.35. The number of anilines is 1. The lowest BCUT2D eigenvalue weighted by Crippen LogP contribution is -2.03. The Bertz CT molecular complexity index is 480. The van der Waals surface area contributed by atoms with Crippen molar-refractivity contribution in [1.29, 1.82) is 0 Å². The zero-order valence-electron chi connectivity index (χ0n) is 8.76. The third-order valence-corrected chi connectivity index (χ3v) is 4.49. The Morgan fingerprint density at radius 3 is 2.75 bits per heavy atom. The summed E-state index contributed by atoms with van der Waals surface area (Å²) < 4.78 is 12.0. The van der Waals surface area contributed by atoms with Crippen molar-refractivity contribution >= 4 is 27.8 Å². The summed E-state index contributed by atoms with van der Waals surface area (Å²) in [5.74, 6) is 0.630. The first-order valence-corrected chi connectivity index (χ1v) is 7.27. The Hall–Kier alpha value is -1.13. The minimum absolute atomic E-state index is 0.617. The molecular formula is C12H13NOS2. The van der Waals surface area contributed by atoms with Crippen LogP contribution in [0.1, 0.15) is 5.56 Å². The maximum absolute atomic E-state index is 12.0. The number of aryl methyl sites for hydroxylation is 1. The first-order valence-electron chi connectivity index (χ1n) is 5.01. The van der Waals surface area contributed by atoms with Crippen LogP contribution in [-0.2, 0) is 17.2 Å². The summed E-state index contributed by atoms with van der Waals surface area (Å²) in [5, 5.41) is 4.13. The monoisotopic (exact) mass is 251 g/mol. The molecule has 0 aliphatic carbocycles. The van der Waals surface area contributed by atoms with Crippen LogP contribution in [0.4, 0.5) is 5.69 Å². The molecule has 2 N–H and O–H groups in total. The first-order chi connectivity index (χ1) is 7.77. The van der Waals surface area contributed by atoms with E-state index in [2.05, 4.69) is 11.4 Å². The smallest absolute Gasteiger partial charge is 0.0617 e. The lowest BCUT2D eigenvalue weighted by Gasteiger charge is -2.04. The van der Waals surface area contributed by atoms with E-state index in [1.54, 1.807) is 17.4 Å². The highest BCUT2D eigenvalue weighted by Crippen LogP contribution is 2.17. The van der Waals surface area contributed by atoms with Gasteiger partial charge >= 0.3 is 0 Å². The third kappa shape index (κ3) is 2.71. The molecule has 0 saturated carbocycles. The second-order valence-electron chi connectivity index (χ2n) is 3.47. The van der Waals surface area contributed by atoms with Crippen molar-refractivity contribution in [2.24, 2.45) is 0 Å². The second-order valence-corrected chi connectivity index (χ2v) is 5.79.